The molecule has 1 aliphatic heterocycles. The number of morpholine rings is 1. The molecule has 0 atom stereocenters. The first-order chi connectivity index (χ1) is 14.6. The van der Waals surface area contributed by atoms with Crippen LogP contribution >= 0.6 is 0 Å². The Hall–Kier alpha value is -3.32. The molecule has 5 rings (SSSR count). The van der Waals surface area contributed by atoms with Gasteiger partial charge in [-0.2, -0.15) is 0 Å². The van der Waals surface area contributed by atoms with E-state index in [1.807, 2.05) is 59.7 Å². The summed E-state index contributed by atoms with van der Waals surface area (Å²) in [6.07, 6.45) is 1.78. The maximum atomic E-state index is 15.0. The third-order valence-electron chi connectivity index (χ3n) is 5.41. The van der Waals surface area contributed by atoms with Gasteiger partial charge in [0.15, 0.2) is 5.65 Å². The van der Waals surface area contributed by atoms with Crippen LogP contribution in [0.15, 0.2) is 48.7 Å². The van der Waals surface area contributed by atoms with E-state index in [1.165, 1.54) is 0 Å². The molecule has 4 heterocycles. The Labute approximate surface area is 174 Å². The number of nitrogens with zero attached hydrogens (tertiary/aromatic N) is 5. The van der Waals surface area contributed by atoms with E-state index in [-0.39, 0.29) is 5.82 Å². The number of hydrogen-bond donors (Lipinski definition) is 0. The number of aromatic nitrogens is 4. The Bertz CT molecular complexity index is 1230. The van der Waals surface area contributed by atoms with Gasteiger partial charge in [0.05, 0.1) is 30.3 Å². The molecule has 1 saturated heterocycles. The summed E-state index contributed by atoms with van der Waals surface area (Å²) in [6.45, 7) is 6.49. The average molecular weight is 403 g/mol. The van der Waals surface area contributed by atoms with Gasteiger partial charge in [-0.1, -0.05) is 0 Å². The van der Waals surface area contributed by atoms with E-state index in [1.54, 1.807) is 12.3 Å². The van der Waals surface area contributed by atoms with Crippen molar-refractivity contribution in [3.63, 3.8) is 0 Å². The van der Waals surface area contributed by atoms with Gasteiger partial charge in [-0.05, 0) is 50.2 Å². The number of anilines is 1. The fourth-order valence-electron chi connectivity index (χ4n) is 3.94. The molecule has 0 saturated carbocycles. The molecule has 0 aliphatic carbocycles. The lowest BCUT2D eigenvalue weighted by atomic mass is 10.1. The lowest BCUT2D eigenvalue weighted by Gasteiger charge is -2.29. The number of halogens is 1. The summed E-state index contributed by atoms with van der Waals surface area (Å²) < 4.78 is 22.3. The van der Waals surface area contributed by atoms with Gasteiger partial charge in [-0.15, -0.1) is 0 Å². The van der Waals surface area contributed by atoms with Crippen molar-refractivity contribution in [3.05, 3.63) is 66.0 Å². The predicted octanol–water partition coefficient (Wildman–Crippen LogP) is 4.08. The topological polar surface area (TPSA) is 56.1 Å². The van der Waals surface area contributed by atoms with Crippen LogP contribution in [-0.2, 0) is 4.74 Å². The summed E-state index contributed by atoms with van der Waals surface area (Å²) in [4.78, 5) is 15.7. The molecule has 30 heavy (non-hydrogen) atoms. The number of pyridine rings is 2. The van der Waals surface area contributed by atoms with Crippen LogP contribution in [0.5, 0.6) is 0 Å². The highest BCUT2D eigenvalue weighted by molar-refractivity contribution is 5.78. The first-order valence-electron chi connectivity index (χ1n) is 10.0. The van der Waals surface area contributed by atoms with Crippen molar-refractivity contribution in [1.29, 1.82) is 0 Å². The number of imidazole rings is 1. The predicted molar refractivity (Wildman–Crippen MR) is 115 cm³/mol. The molecule has 1 fully saturated rings. The van der Waals surface area contributed by atoms with E-state index >= 15 is 4.39 Å². The van der Waals surface area contributed by atoms with E-state index in [4.69, 9.17) is 9.72 Å². The van der Waals surface area contributed by atoms with Gasteiger partial charge >= 0.3 is 0 Å². The Morgan fingerprint density at radius 2 is 1.80 bits per heavy atom. The molecule has 0 radical (unpaired) electrons. The molecule has 0 spiro atoms. The summed E-state index contributed by atoms with van der Waals surface area (Å²) in [5, 5.41) is 0. The van der Waals surface area contributed by atoms with Crippen molar-refractivity contribution in [2.75, 3.05) is 31.2 Å². The van der Waals surface area contributed by atoms with Crippen LogP contribution < -0.4 is 4.90 Å². The second-order valence-corrected chi connectivity index (χ2v) is 7.45. The highest BCUT2D eigenvalue weighted by Crippen LogP contribution is 2.28. The lowest BCUT2D eigenvalue weighted by Crippen LogP contribution is -2.36. The number of fused-ring (bicyclic) bond motifs is 1. The third-order valence-corrected chi connectivity index (χ3v) is 5.41. The van der Waals surface area contributed by atoms with Gasteiger partial charge in [0, 0.05) is 36.6 Å². The lowest BCUT2D eigenvalue weighted by molar-refractivity contribution is 0.122. The fraction of sp³-hybridized carbons (Fsp3) is 0.261. The Balaban J connectivity index is 1.59. The Morgan fingerprint density at radius 3 is 2.57 bits per heavy atom. The SMILES string of the molecule is Cc1cc(-c2ccc3nc(C)n(-c4ccc(N5CCOCC5)c(F)c4)c3n2)ccn1. The minimum Gasteiger partial charge on any atom is -0.378 e. The van der Waals surface area contributed by atoms with Crippen LogP contribution in [0.25, 0.3) is 28.1 Å². The van der Waals surface area contributed by atoms with Crippen LogP contribution in [-0.4, -0.2) is 45.8 Å². The van der Waals surface area contributed by atoms with Crippen molar-refractivity contribution in [1.82, 2.24) is 19.5 Å². The summed E-state index contributed by atoms with van der Waals surface area (Å²) in [7, 11) is 0. The molecule has 6 nitrogen and oxygen atoms in total. The summed E-state index contributed by atoms with van der Waals surface area (Å²) in [5.41, 5.74) is 5.55. The molecule has 7 heteroatoms. The summed E-state index contributed by atoms with van der Waals surface area (Å²) >= 11 is 0. The maximum Gasteiger partial charge on any atom is 0.165 e. The molecule has 0 N–H and O–H groups in total. The van der Waals surface area contributed by atoms with E-state index in [2.05, 4.69) is 9.97 Å². The monoisotopic (exact) mass is 403 g/mol. The number of hydrogen-bond acceptors (Lipinski definition) is 5. The van der Waals surface area contributed by atoms with Crippen LogP contribution in [0.1, 0.15) is 11.5 Å². The highest BCUT2D eigenvalue weighted by Gasteiger charge is 2.18. The number of aryl methyl sites for hydroxylation is 2. The van der Waals surface area contributed by atoms with Crippen molar-refractivity contribution in [3.8, 4) is 16.9 Å². The first kappa shape index (κ1) is 18.7. The summed E-state index contributed by atoms with van der Waals surface area (Å²) in [5.74, 6) is 0.510. The van der Waals surface area contributed by atoms with Crippen molar-refractivity contribution in [2.45, 2.75) is 13.8 Å². The minimum absolute atomic E-state index is 0.253. The maximum absolute atomic E-state index is 15.0. The fourth-order valence-corrected chi connectivity index (χ4v) is 3.94. The van der Waals surface area contributed by atoms with Crippen LogP contribution in [0.4, 0.5) is 10.1 Å². The second-order valence-electron chi connectivity index (χ2n) is 7.45. The van der Waals surface area contributed by atoms with Crippen LogP contribution in [0.2, 0.25) is 0 Å². The molecule has 1 aliphatic rings. The zero-order chi connectivity index (χ0) is 20.7. The quantitative estimate of drug-likeness (QED) is 0.516. The highest BCUT2D eigenvalue weighted by atomic mass is 19.1. The number of benzene rings is 1. The van der Waals surface area contributed by atoms with Gasteiger partial charge in [0.1, 0.15) is 17.2 Å². The molecule has 3 aromatic heterocycles. The van der Waals surface area contributed by atoms with E-state index in [9.17, 15) is 0 Å². The van der Waals surface area contributed by atoms with Gasteiger partial charge in [-0.3, -0.25) is 9.55 Å². The minimum atomic E-state index is -0.253. The molecule has 4 aromatic rings. The van der Waals surface area contributed by atoms with Crippen LogP contribution in [0, 0.1) is 19.7 Å². The third kappa shape index (κ3) is 3.31. The van der Waals surface area contributed by atoms with E-state index in [0.717, 1.165) is 28.3 Å². The average Bonchev–Trinajstić information content (AvgIpc) is 3.09. The molecular formula is C23H22FN5O. The van der Waals surface area contributed by atoms with Crippen molar-refractivity contribution < 1.29 is 9.13 Å². The normalized spacial score (nSPS) is 14.4. The molecule has 0 amide bonds. The van der Waals surface area contributed by atoms with Gasteiger partial charge < -0.3 is 9.64 Å². The largest absolute Gasteiger partial charge is 0.378 e. The van der Waals surface area contributed by atoms with Gasteiger partial charge in [-0.25, -0.2) is 14.4 Å². The van der Waals surface area contributed by atoms with Gasteiger partial charge in [0.25, 0.3) is 0 Å². The molecular weight excluding hydrogens is 381 g/mol. The van der Waals surface area contributed by atoms with Crippen molar-refractivity contribution >= 4 is 16.9 Å². The molecule has 0 unspecified atom stereocenters. The molecule has 152 valence electrons. The zero-order valence-electron chi connectivity index (χ0n) is 17.0. The van der Waals surface area contributed by atoms with E-state index in [0.29, 0.717) is 43.3 Å². The number of rotatable bonds is 3. The van der Waals surface area contributed by atoms with Crippen LogP contribution in [0.3, 0.4) is 0 Å². The Kier molecular flexibility index (Phi) is 4.67. The standard InChI is InChI=1S/C23H22FN5O/c1-15-13-17(7-8-25-15)20-4-5-21-23(27-20)29(16(2)26-21)18-3-6-22(19(24)14-18)28-9-11-30-12-10-28/h3-8,13-14H,9-12H2,1-2H3. The smallest absolute Gasteiger partial charge is 0.165 e. The van der Waals surface area contributed by atoms with Crippen molar-refractivity contribution in [2.24, 2.45) is 0 Å². The first-order valence-corrected chi connectivity index (χ1v) is 10.0. The Morgan fingerprint density at radius 1 is 0.967 bits per heavy atom. The van der Waals surface area contributed by atoms with Gasteiger partial charge in [0.2, 0.25) is 0 Å². The number of ether oxygens (including phenoxy) is 1. The van der Waals surface area contributed by atoms with E-state index < -0.39 is 0 Å². The molecule has 0 bridgehead atoms. The summed E-state index contributed by atoms with van der Waals surface area (Å²) in [6, 6.07) is 13.2. The zero-order valence-corrected chi connectivity index (χ0v) is 17.0. The molecule has 1 aromatic carbocycles. The second kappa shape index (κ2) is 7.50.